The molecule has 5 nitrogen and oxygen atoms in total. The second-order valence-corrected chi connectivity index (χ2v) is 4.05. The summed E-state index contributed by atoms with van der Waals surface area (Å²) >= 11 is 0. The van der Waals surface area contributed by atoms with Crippen LogP contribution in [0.15, 0.2) is 0 Å². The Labute approximate surface area is 90.2 Å². The Kier molecular flexibility index (Phi) is 5.28. The fraction of sp³-hybridized carbons (Fsp3) is 0.800. The van der Waals surface area contributed by atoms with Gasteiger partial charge in [0.15, 0.2) is 0 Å². The highest BCUT2D eigenvalue weighted by atomic mass is 16.3. The minimum absolute atomic E-state index is 0.241. The molecule has 0 aliphatic carbocycles. The quantitative estimate of drug-likeness (QED) is 0.595. The second-order valence-electron chi connectivity index (χ2n) is 4.05. The van der Waals surface area contributed by atoms with E-state index in [-0.39, 0.29) is 5.91 Å². The number of nitrogens with one attached hydrogen (secondary N) is 2. The van der Waals surface area contributed by atoms with Crippen molar-refractivity contribution in [1.29, 1.82) is 0 Å². The third kappa shape index (κ3) is 5.37. The van der Waals surface area contributed by atoms with Crippen molar-refractivity contribution in [2.75, 3.05) is 6.54 Å². The van der Waals surface area contributed by atoms with Crippen molar-refractivity contribution in [3.05, 3.63) is 0 Å². The van der Waals surface area contributed by atoms with Crippen molar-refractivity contribution >= 4 is 11.8 Å². The number of aliphatic hydroxyl groups is 1. The first-order chi connectivity index (χ1) is 6.79. The van der Waals surface area contributed by atoms with Gasteiger partial charge in [0.2, 0.25) is 5.91 Å². The van der Waals surface area contributed by atoms with Gasteiger partial charge in [-0.3, -0.25) is 9.59 Å². The van der Waals surface area contributed by atoms with Crippen LogP contribution in [0.2, 0.25) is 0 Å². The molecule has 1 atom stereocenters. The topological polar surface area (TPSA) is 78.4 Å². The summed E-state index contributed by atoms with van der Waals surface area (Å²) in [6.45, 7) is 6.86. The molecule has 15 heavy (non-hydrogen) atoms. The van der Waals surface area contributed by atoms with Crippen LogP contribution < -0.4 is 10.6 Å². The van der Waals surface area contributed by atoms with Gasteiger partial charge < -0.3 is 15.7 Å². The van der Waals surface area contributed by atoms with Gasteiger partial charge in [-0.05, 0) is 27.2 Å². The molecule has 0 saturated heterocycles. The number of hydrogen-bond donors (Lipinski definition) is 3. The average Bonchev–Trinajstić information content (AvgIpc) is 2.12. The van der Waals surface area contributed by atoms with E-state index in [2.05, 4.69) is 10.6 Å². The van der Waals surface area contributed by atoms with Gasteiger partial charge in [-0.15, -0.1) is 0 Å². The summed E-state index contributed by atoms with van der Waals surface area (Å²) in [5.41, 5.74) is -1.46. The maximum Gasteiger partial charge on any atom is 0.252 e. The molecule has 0 aliphatic heterocycles. The van der Waals surface area contributed by atoms with Gasteiger partial charge in [-0.2, -0.15) is 0 Å². The summed E-state index contributed by atoms with van der Waals surface area (Å²) < 4.78 is 0. The van der Waals surface area contributed by atoms with E-state index in [1.54, 1.807) is 6.92 Å². The van der Waals surface area contributed by atoms with Crippen LogP contribution in [0, 0.1) is 0 Å². The fourth-order valence-electron chi connectivity index (χ4n) is 0.840. The fourth-order valence-corrected chi connectivity index (χ4v) is 0.840. The molecule has 0 spiro atoms. The average molecular weight is 216 g/mol. The van der Waals surface area contributed by atoms with Gasteiger partial charge in [-0.25, -0.2) is 0 Å². The molecule has 1 unspecified atom stereocenters. The van der Waals surface area contributed by atoms with Crippen molar-refractivity contribution in [1.82, 2.24) is 10.6 Å². The number of amides is 2. The predicted octanol–water partition coefficient (Wildman–Crippen LogP) is -0.212. The smallest absolute Gasteiger partial charge is 0.252 e. The standard InChI is InChI=1S/C10H20N2O3/c1-5-6-11-8(13)7(2)12-9(14)10(3,4)15/h7,15H,5-6H2,1-4H3,(H,11,13)(H,12,14). The highest BCUT2D eigenvalue weighted by Crippen LogP contribution is 2.00. The Hall–Kier alpha value is -1.10. The molecule has 0 rings (SSSR count). The zero-order valence-electron chi connectivity index (χ0n) is 9.76. The molecule has 0 aromatic rings. The Morgan fingerprint density at radius 2 is 1.93 bits per heavy atom. The van der Waals surface area contributed by atoms with Gasteiger partial charge in [0, 0.05) is 6.54 Å². The molecular weight excluding hydrogens is 196 g/mol. The normalized spacial score (nSPS) is 13.1. The van der Waals surface area contributed by atoms with E-state index in [0.29, 0.717) is 6.54 Å². The molecule has 0 aliphatic rings. The van der Waals surface area contributed by atoms with Crippen LogP contribution in [0.25, 0.3) is 0 Å². The van der Waals surface area contributed by atoms with Crippen molar-refractivity contribution < 1.29 is 14.7 Å². The van der Waals surface area contributed by atoms with Crippen LogP contribution in [0.3, 0.4) is 0 Å². The van der Waals surface area contributed by atoms with E-state index in [1.165, 1.54) is 13.8 Å². The Morgan fingerprint density at radius 1 is 1.40 bits per heavy atom. The lowest BCUT2D eigenvalue weighted by atomic mass is 10.1. The molecule has 0 heterocycles. The van der Waals surface area contributed by atoms with Crippen LogP contribution in [-0.2, 0) is 9.59 Å². The first-order valence-electron chi connectivity index (χ1n) is 5.10. The Morgan fingerprint density at radius 3 is 2.33 bits per heavy atom. The van der Waals surface area contributed by atoms with E-state index in [4.69, 9.17) is 0 Å². The lowest BCUT2D eigenvalue weighted by Gasteiger charge is -2.20. The summed E-state index contributed by atoms with van der Waals surface area (Å²) in [6.07, 6.45) is 0.845. The highest BCUT2D eigenvalue weighted by Gasteiger charge is 2.26. The lowest BCUT2D eigenvalue weighted by Crippen LogP contribution is -2.51. The first-order valence-corrected chi connectivity index (χ1v) is 5.10. The Bertz CT molecular complexity index is 233. The number of rotatable bonds is 5. The Balaban J connectivity index is 4.08. The summed E-state index contributed by atoms with van der Waals surface area (Å²) in [6, 6.07) is -0.629. The summed E-state index contributed by atoms with van der Waals surface area (Å²) in [5, 5.41) is 14.4. The minimum Gasteiger partial charge on any atom is -0.381 e. The molecule has 0 aromatic carbocycles. The molecular formula is C10H20N2O3. The van der Waals surface area contributed by atoms with E-state index in [0.717, 1.165) is 6.42 Å². The zero-order valence-corrected chi connectivity index (χ0v) is 9.76. The van der Waals surface area contributed by atoms with Gasteiger partial charge in [0.25, 0.3) is 5.91 Å². The third-order valence-electron chi connectivity index (χ3n) is 1.85. The third-order valence-corrected chi connectivity index (χ3v) is 1.85. The number of hydrogen-bond acceptors (Lipinski definition) is 3. The van der Waals surface area contributed by atoms with Crippen molar-refractivity contribution in [3.8, 4) is 0 Å². The van der Waals surface area contributed by atoms with Crippen molar-refractivity contribution in [2.45, 2.75) is 45.8 Å². The van der Waals surface area contributed by atoms with Gasteiger partial charge in [0.1, 0.15) is 11.6 Å². The number of carbonyl (C=O) groups is 2. The van der Waals surface area contributed by atoms with Gasteiger partial charge in [0.05, 0.1) is 0 Å². The molecule has 3 N–H and O–H groups in total. The van der Waals surface area contributed by atoms with Crippen LogP contribution in [-0.4, -0.2) is 35.1 Å². The lowest BCUT2D eigenvalue weighted by molar-refractivity contribution is -0.139. The van der Waals surface area contributed by atoms with Crippen LogP contribution in [0.5, 0.6) is 0 Å². The van der Waals surface area contributed by atoms with Crippen LogP contribution in [0.4, 0.5) is 0 Å². The van der Waals surface area contributed by atoms with E-state index in [9.17, 15) is 14.7 Å². The molecule has 2 amide bonds. The highest BCUT2D eigenvalue weighted by molar-refractivity contribution is 5.90. The monoisotopic (exact) mass is 216 g/mol. The minimum atomic E-state index is -1.46. The second kappa shape index (κ2) is 5.70. The molecule has 0 bridgehead atoms. The van der Waals surface area contributed by atoms with Gasteiger partial charge in [-0.1, -0.05) is 6.92 Å². The maximum absolute atomic E-state index is 11.4. The molecule has 88 valence electrons. The van der Waals surface area contributed by atoms with Gasteiger partial charge >= 0.3 is 0 Å². The first kappa shape index (κ1) is 13.9. The molecule has 0 fully saturated rings. The summed E-state index contributed by atoms with van der Waals surface area (Å²) in [7, 11) is 0. The van der Waals surface area contributed by atoms with E-state index >= 15 is 0 Å². The predicted molar refractivity (Wildman–Crippen MR) is 57.2 cm³/mol. The van der Waals surface area contributed by atoms with Crippen molar-refractivity contribution in [2.24, 2.45) is 0 Å². The number of carbonyl (C=O) groups excluding carboxylic acids is 2. The molecule has 0 saturated carbocycles. The zero-order chi connectivity index (χ0) is 12.1. The maximum atomic E-state index is 11.4. The molecule has 0 radical (unpaired) electrons. The SMILES string of the molecule is CCCNC(=O)C(C)NC(=O)C(C)(C)O. The molecule has 0 aromatic heterocycles. The van der Waals surface area contributed by atoms with Crippen LogP contribution >= 0.6 is 0 Å². The summed E-state index contributed by atoms with van der Waals surface area (Å²) in [4.78, 5) is 22.7. The van der Waals surface area contributed by atoms with Crippen molar-refractivity contribution in [3.63, 3.8) is 0 Å². The van der Waals surface area contributed by atoms with E-state index < -0.39 is 17.6 Å². The largest absolute Gasteiger partial charge is 0.381 e. The van der Waals surface area contributed by atoms with E-state index in [1.807, 2.05) is 6.92 Å². The summed E-state index contributed by atoms with van der Waals surface area (Å²) in [5.74, 6) is -0.795. The van der Waals surface area contributed by atoms with Crippen LogP contribution in [0.1, 0.15) is 34.1 Å². The molecule has 5 heteroatoms.